The molecule has 7 rings (SSSR count). The van der Waals surface area contributed by atoms with Crippen molar-refractivity contribution in [1.29, 1.82) is 0 Å². The number of hydrogen-bond acceptors (Lipinski definition) is 12. The fourth-order valence-electron chi connectivity index (χ4n) is 7.24. The van der Waals surface area contributed by atoms with Crippen LogP contribution >= 0.6 is 0 Å². The van der Waals surface area contributed by atoms with E-state index in [1.165, 1.54) is 14.2 Å². The first-order valence-electron chi connectivity index (χ1n) is 14.1. The Morgan fingerprint density at radius 3 is 2.29 bits per heavy atom. The van der Waals surface area contributed by atoms with Crippen LogP contribution in [0.15, 0.2) is 24.3 Å². The summed E-state index contributed by atoms with van der Waals surface area (Å²) in [5.74, 6) is -0.854. The predicted molar refractivity (Wildman–Crippen MR) is 142 cm³/mol. The van der Waals surface area contributed by atoms with Crippen LogP contribution in [0.2, 0.25) is 0 Å². The zero-order valence-corrected chi connectivity index (χ0v) is 23.4. The molecule has 2 saturated heterocycles. The first-order valence-corrected chi connectivity index (χ1v) is 14.1. The molecule has 3 fully saturated rings. The quantitative estimate of drug-likeness (QED) is 0.440. The van der Waals surface area contributed by atoms with Gasteiger partial charge in [0.05, 0.1) is 51.7 Å². The Morgan fingerprint density at radius 2 is 1.60 bits per heavy atom. The molecule has 5 aliphatic rings. The molecule has 3 N–H and O–H groups in total. The number of rotatable bonds is 5. The lowest BCUT2D eigenvalue weighted by Gasteiger charge is -2.48. The number of carbonyl (C=O) groups is 1. The highest BCUT2D eigenvalue weighted by molar-refractivity contribution is 5.79. The number of benzene rings is 2. The van der Waals surface area contributed by atoms with E-state index in [1.807, 2.05) is 12.1 Å². The first kappa shape index (κ1) is 27.5. The highest BCUT2D eigenvalue weighted by atomic mass is 16.7. The highest BCUT2D eigenvalue weighted by Crippen LogP contribution is 2.57. The largest absolute Gasteiger partial charge is 0.502 e. The van der Waals surface area contributed by atoms with Gasteiger partial charge in [0.2, 0.25) is 12.5 Å². The summed E-state index contributed by atoms with van der Waals surface area (Å²) in [5.41, 5.74) is 2.18. The molecular weight excluding hydrogens is 552 g/mol. The number of methoxy groups -OCH3 is 2. The van der Waals surface area contributed by atoms with Crippen molar-refractivity contribution in [2.75, 3.05) is 34.2 Å². The maximum Gasteiger partial charge on any atom is 0.310 e. The summed E-state index contributed by atoms with van der Waals surface area (Å²) in [7, 11) is 2.89. The molecule has 0 aromatic heterocycles. The van der Waals surface area contributed by atoms with Gasteiger partial charge < -0.3 is 53.2 Å². The van der Waals surface area contributed by atoms with Gasteiger partial charge in [0.25, 0.3) is 0 Å². The standard InChI is InChI=1S/C30H34O12/c1-12-37-9-14-6-22(26(32)27(33)28(14)41-12)42-29-16-8-19-18(39-11-40-19)7-15(16)23(24-17(29)10-38-30(24)34)13-4-20(35-2)25(31)21(5-13)36-3/h4-5,7-8,12,14,17,22-24,26-29,31-33H,6,9-11H2,1-3H3/t12-,14?,17+,22?,23-,24+,26+,27-,28-,29-/m1/s1. The van der Waals surface area contributed by atoms with E-state index in [0.717, 1.165) is 11.1 Å². The molecule has 10 atom stereocenters. The summed E-state index contributed by atoms with van der Waals surface area (Å²) in [6.45, 7) is 2.29. The molecule has 0 spiro atoms. The third-order valence-electron chi connectivity index (χ3n) is 9.26. The molecule has 226 valence electrons. The summed E-state index contributed by atoms with van der Waals surface area (Å²) < 4.78 is 46.1. The number of phenolic OH excluding ortho intramolecular Hbond substituents is 1. The smallest absolute Gasteiger partial charge is 0.310 e. The third kappa shape index (κ3) is 4.27. The normalized spacial score (nSPS) is 36.5. The van der Waals surface area contributed by atoms with Crippen LogP contribution in [0.1, 0.15) is 42.1 Å². The summed E-state index contributed by atoms with van der Waals surface area (Å²) in [4.78, 5) is 13.4. The first-order chi connectivity index (χ1) is 20.3. The number of ether oxygens (including phenoxy) is 8. The summed E-state index contributed by atoms with van der Waals surface area (Å²) in [6, 6.07) is 7.07. The second-order valence-corrected chi connectivity index (χ2v) is 11.5. The Bertz CT molecular complexity index is 1350. The van der Waals surface area contributed by atoms with Crippen LogP contribution in [0.25, 0.3) is 0 Å². The van der Waals surface area contributed by atoms with E-state index < -0.39 is 54.6 Å². The minimum atomic E-state index is -1.21. The Labute approximate surface area is 241 Å². The molecule has 2 aliphatic carbocycles. The van der Waals surface area contributed by atoms with Gasteiger partial charge in [-0.05, 0) is 54.3 Å². The fraction of sp³-hybridized carbons (Fsp3) is 0.567. The van der Waals surface area contributed by atoms with Crippen LogP contribution in [0.5, 0.6) is 28.7 Å². The van der Waals surface area contributed by atoms with Gasteiger partial charge >= 0.3 is 5.97 Å². The van der Waals surface area contributed by atoms with E-state index in [1.54, 1.807) is 19.1 Å². The second-order valence-electron chi connectivity index (χ2n) is 11.5. The maximum atomic E-state index is 13.4. The van der Waals surface area contributed by atoms with Crippen LogP contribution in [-0.4, -0.2) is 86.2 Å². The van der Waals surface area contributed by atoms with Crippen molar-refractivity contribution in [2.24, 2.45) is 17.8 Å². The number of hydrogen-bond donors (Lipinski definition) is 3. The molecule has 12 heteroatoms. The number of cyclic esters (lactones) is 1. The molecular formula is C30H34O12. The monoisotopic (exact) mass is 586 g/mol. The van der Waals surface area contributed by atoms with Crippen molar-refractivity contribution in [3.63, 3.8) is 0 Å². The molecule has 42 heavy (non-hydrogen) atoms. The van der Waals surface area contributed by atoms with Crippen molar-refractivity contribution < 1.29 is 58.0 Å². The van der Waals surface area contributed by atoms with E-state index >= 15 is 0 Å². The van der Waals surface area contributed by atoms with Crippen LogP contribution in [-0.2, 0) is 23.7 Å². The minimum absolute atomic E-state index is 0.0548. The molecule has 0 bridgehead atoms. The van der Waals surface area contributed by atoms with Gasteiger partial charge in [-0.25, -0.2) is 0 Å². The number of aliphatic hydroxyl groups excluding tert-OH is 2. The van der Waals surface area contributed by atoms with Crippen molar-refractivity contribution in [1.82, 2.24) is 0 Å². The SMILES string of the molecule is COc1cc([C@@H]2c3cc4c(cc3[C@@H](OC3CC5CO[C@@H](C)O[C@H]5[C@H](O)[C@H]3O)[C@H]3COC(=O)[C@H]23)OCO4)cc(OC)c1O. The number of carbonyl (C=O) groups excluding carboxylic acids is 1. The topological polar surface area (TPSA) is 152 Å². The van der Waals surface area contributed by atoms with Crippen LogP contribution < -0.4 is 18.9 Å². The lowest BCUT2D eigenvalue weighted by Crippen LogP contribution is -2.59. The van der Waals surface area contributed by atoms with Crippen LogP contribution in [0.3, 0.4) is 0 Å². The Hall–Kier alpha value is -3.29. The average molecular weight is 587 g/mol. The van der Waals surface area contributed by atoms with Crippen molar-refractivity contribution in [3.05, 3.63) is 41.0 Å². The molecule has 0 radical (unpaired) electrons. The number of aromatic hydroxyl groups is 1. The number of fused-ring (bicyclic) bond motifs is 4. The predicted octanol–water partition coefficient (Wildman–Crippen LogP) is 2.00. The van der Waals surface area contributed by atoms with E-state index in [0.29, 0.717) is 30.1 Å². The summed E-state index contributed by atoms with van der Waals surface area (Å²) in [6.07, 6.45) is -4.45. The Balaban J connectivity index is 1.32. The van der Waals surface area contributed by atoms with Crippen LogP contribution in [0, 0.1) is 17.8 Å². The number of phenols is 1. The fourth-order valence-corrected chi connectivity index (χ4v) is 7.24. The van der Waals surface area contributed by atoms with Gasteiger partial charge in [-0.15, -0.1) is 0 Å². The molecule has 2 unspecified atom stereocenters. The zero-order chi connectivity index (χ0) is 29.3. The molecule has 12 nitrogen and oxygen atoms in total. The van der Waals surface area contributed by atoms with Gasteiger partial charge in [-0.3, -0.25) is 4.79 Å². The average Bonchev–Trinajstić information content (AvgIpc) is 3.61. The number of esters is 1. The van der Waals surface area contributed by atoms with Crippen molar-refractivity contribution >= 4 is 5.97 Å². The van der Waals surface area contributed by atoms with E-state index in [-0.39, 0.29) is 42.5 Å². The van der Waals surface area contributed by atoms with E-state index in [9.17, 15) is 20.1 Å². The molecule has 1 saturated carbocycles. The molecule has 2 aromatic rings. The lowest BCUT2D eigenvalue weighted by atomic mass is 9.66. The Kier molecular flexibility index (Phi) is 6.86. The lowest BCUT2D eigenvalue weighted by molar-refractivity contribution is -0.289. The molecule has 3 heterocycles. The molecule has 2 aromatic carbocycles. The van der Waals surface area contributed by atoms with Crippen molar-refractivity contribution in [2.45, 2.75) is 56.1 Å². The van der Waals surface area contributed by atoms with E-state index in [4.69, 9.17) is 37.9 Å². The van der Waals surface area contributed by atoms with Crippen molar-refractivity contribution in [3.8, 4) is 28.7 Å². The Morgan fingerprint density at radius 1 is 0.905 bits per heavy atom. The third-order valence-corrected chi connectivity index (χ3v) is 9.26. The van der Waals surface area contributed by atoms with Gasteiger partial charge in [-0.2, -0.15) is 0 Å². The second kappa shape index (κ2) is 10.5. The van der Waals surface area contributed by atoms with E-state index in [2.05, 4.69) is 0 Å². The van der Waals surface area contributed by atoms with Gasteiger partial charge in [0.15, 0.2) is 29.3 Å². The minimum Gasteiger partial charge on any atom is -0.502 e. The zero-order valence-electron chi connectivity index (χ0n) is 23.4. The summed E-state index contributed by atoms with van der Waals surface area (Å²) in [5, 5.41) is 32.7. The number of aliphatic hydroxyl groups is 2. The van der Waals surface area contributed by atoms with Crippen LogP contribution in [0.4, 0.5) is 0 Å². The summed E-state index contributed by atoms with van der Waals surface area (Å²) >= 11 is 0. The van der Waals surface area contributed by atoms with Gasteiger partial charge in [0, 0.05) is 17.8 Å². The molecule has 0 amide bonds. The van der Waals surface area contributed by atoms with Gasteiger partial charge in [0.1, 0.15) is 12.2 Å². The molecule has 3 aliphatic heterocycles. The highest BCUT2D eigenvalue weighted by Gasteiger charge is 2.55. The van der Waals surface area contributed by atoms with Gasteiger partial charge in [-0.1, -0.05) is 0 Å². The maximum absolute atomic E-state index is 13.4.